The number of hydrogen-bond acceptors (Lipinski definition) is 4. The van der Waals surface area contributed by atoms with Gasteiger partial charge in [0, 0.05) is 22.7 Å². The van der Waals surface area contributed by atoms with Crippen molar-refractivity contribution < 1.29 is 4.79 Å². The Bertz CT molecular complexity index is 1290. The van der Waals surface area contributed by atoms with Crippen LogP contribution in [0.1, 0.15) is 55.3 Å². The van der Waals surface area contributed by atoms with Gasteiger partial charge in [-0.15, -0.1) is 5.10 Å². The number of nitrogens with one attached hydrogen (secondary N) is 1. The molecule has 0 unspecified atom stereocenters. The number of benzene rings is 1. The summed E-state index contributed by atoms with van der Waals surface area (Å²) >= 11 is 0. The summed E-state index contributed by atoms with van der Waals surface area (Å²) in [7, 11) is 0. The highest BCUT2D eigenvalue weighted by Crippen LogP contribution is 2.38. The lowest BCUT2D eigenvalue weighted by Crippen LogP contribution is -2.39. The second-order valence-electron chi connectivity index (χ2n) is 9.31. The molecule has 3 N–H and O–H groups in total. The molecule has 4 aromatic rings. The van der Waals surface area contributed by atoms with E-state index in [9.17, 15) is 4.79 Å². The van der Waals surface area contributed by atoms with Gasteiger partial charge in [0.05, 0.1) is 23.4 Å². The van der Waals surface area contributed by atoms with E-state index in [0.717, 1.165) is 42.7 Å². The fourth-order valence-corrected chi connectivity index (χ4v) is 5.12. The van der Waals surface area contributed by atoms with Crippen LogP contribution in [-0.4, -0.2) is 50.3 Å². The van der Waals surface area contributed by atoms with E-state index in [1.54, 1.807) is 0 Å². The number of fused-ring (bicyclic) bond motifs is 2. The summed E-state index contributed by atoms with van der Waals surface area (Å²) in [4.78, 5) is 17.1. The van der Waals surface area contributed by atoms with Crippen molar-refractivity contribution in [3.63, 3.8) is 0 Å². The standard InChI is InChI=1S/C25H30N6O/c1-15(2)24-20-12-18(17-6-9-30(10-7-17)14-23(26)32)4-5-21(20)27-25(24)19-8-11-31-22(13-19)16(3)28-29-31/h4-5,8,11-13,15,17,27H,6-7,9-10,14H2,1-3H3,(H2,26,32). The number of nitrogens with zero attached hydrogens (tertiary/aromatic N) is 4. The molecule has 166 valence electrons. The number of aromatic amines is 1. The SMILES string of the molecule is Cc1nnn2ccc(-c3[nH]c4ccc(C5CCN(CC(N)=O)CC5)cc4c3C(C)C)cc12. The zero-order valence-corrected chi connectivity index (χ0v) is 18.9. The second kappa shape index (κ2) is 8.06. The van der Waals surface area contributed by atoms with Gasteiger partial charge in [-0.1, -0.05) is 25.1 Å². The monoisotopic (exact) mass is 430 g/mol. The minimum Gasteiger partial charge on any atom is -0.369 e. The van der Waals surface area contributed by atoms with Crippen LogP contribution >= 0.6 is 0 Å². The minimum absolute atomic E-state index is 0.244. The Morgan fingerprint density at radius 2 is 2.00 bits per heavy atom. The molecule has 1 saturated heterocycles. The Balaban J connectivity index is 1.51. The van der Waals surface area contributed by atoms with E-state index in [2.05, 4.69) is 64.4 Å². The van der Waals surface area contributed by atoms with Crippen LogP contribution < -0.4 is 5.73 Å². The van der Waals surface area contributed by atoms with Gasteiger partial charge in [-0.3, -0.25) is 9.69 Å². The topological polar surface area (TPSA) is 92.3 Å². The number of aryl methyl sites for hydroxylation is 1. The molecule has 1 fully saturated rings. The maximum atomic E-state index is 11.2. The Morgan fingerprint density at radius 3 is 2.72 bits per heavy atom. The number of piperidine rings is 1. The van der Waals surface area contributed by atoms with Gasteiger partial charge in [0.2, 0.25) is 5.91 Å². The molecule has 0 spiro atoms. The van der Waals surface area contributed by atoms with Crippen LogP contribution in [0, 0.1) is 6.92 Å². The normalized spacial score (nSPS) is 15.9. The van der Waals surface area contributed by atoms with Crippen LogP contribution in [0.5, 0.6) is 0 Å². The third kappa shape index (κ3) is 3.66. The smallest absolute Gasteiger partial charge is 0.231 e. The van der Waals surface area contributed by atoms with Crippen LogP contribution in [0.15, 0.2) is 36.5 Å². The summed E-state index contributed by atoms with van der Waals surface area (Å²) < 4.78 is 1.82. The molecule has 0 atom stereocenters. The molecule has 3 aromatic heterocycles. The Labute approximate surface area is 187 Å². The van der Waals surface area contributed by atoms with Crippen molar-refractivity contribution in [3.8, 4) is 11.3 Å². The molecular weight excluding hydrogens is 400 g/mol. The molecule has 5 rings (SSSR count). The molecule has 1 aromatic carbocycles. The van der Waals surface area contributed by atoms with Crippen LogP contribution in [-0.2, 0) is 4.79 Å². The number of amides is 1. The van der Waals surface area contributed by atoms with Gasteiger partial charge < -0.3 is 10.7 Å². The molecule has 7 heteroatoms. The van der Waals surface area contributed by atoms with Crippen molar-refractivity contribution in [2.45, 2.75) is 45.4 Å². The van der Waals surface area contributed by atoms with Crippen molar-refractivity contribution in [2.24, 2.45) is 5.73 Å². The number of hydrogen-bond donors (Lipinski definition) is 2. The van der Waals surface area contributed by atoms with Crippen LogP contribution in [0.25, 0.3) is 27.7 Å². The van der Waals surface area contributed by atoms with E-state index in [-0.39, 0.29) is 5.91 Å². The number of carbonyl (C=O) groups excluding carboxylic acids is 1. The third-order valence-electron chi connectivity index (χ3n) is 6.76. The Hall–Kier alpha value is -3.19. The highest BCUT2D eigenvalue weighted by Gasteiger charge is 2.23. The van der Waals surface area contributed by atoms with E-state index >= 15 is 0 Å². The average molecular weight is 431 g/mol. The minimum atomic E-state index is -0.244. The molecule has 7 nitrogen and oxygen atoms in total. The summed E-state index contributed by atoms with van der Waals surface area (Å²) in [5.41, 5.74) is 13.6. The molecule has 4 heterocycles. The number of carbonyl (C=O) groups is 1. The number of H-pyrrole nitrogens is 1. The molecule has 0 radical (unpaired) electrons. The third-order valence-corrected chi connectivity index (χ3v) is 6.76. The van der Waals surface area contributed by atoms with E-state index < -0.39 is 0 Å². The summed E-state index contributed by atoms with van der Waals surface area (Å²) in [6.07, 6.45) is 4.08. The Morgan fingerprint density at radius 1 is 1.22 bits per heavy atom. The summed E-state index contributed by atoms with van der Waals surface area (Å²) in [6.45, 7) is 8.69. The Kier molecular flexibility index (Phi) is 5.21. The largest absolute Gasteiger partial charge is 0.369 e. The molecular formula is C25H30N6O. The highest BCUT2D eigenvalue weighted by atomic mass is 16.1. The number of likely N-dealkylation sites (tertiary alicyclic amines) is 1. The van der Waals surface area contributed by atoms with Gasteiger partial charge in [-0.05, 0) is 80.1 Å². The van der Waals surface area contributed by atoms with Gasteiger partial charge >= 0.3 is 0 Å². The van der Waals surface area contributed by atoms with Crippen LogP contribution in [0.2, 0.25) is 0 Å². The number of primary amides is 1. The number of aromatic nitrogens is 4. The lowest BCUT2D eigenvalue weighted by molar-refractivity contribution is -0.119. The number of pyridine rings is 1. The van der Waals surface area contributed by atoms with Gasteiger partial charge in [0.25, 0.3) is 0 Å². The summed E-state index contributed by atoms with van der Waals surface area (Å²) in [5.74, 6) is 0.650. The van der Waals surface area contributed by atoms with Crippen molar-refractivity contribution in [3.05, 3.63) is 53.3 Å². The summed E-state index contributed by atoms with van der Waals surface area (Å²) in [5, 5.41) is 9.66. The molecule has 0 saturated carbocycles. The van der Waals surface area contributed by atoms with Gasteiger partial charge in [0.15, 0.2) is 0 Å². The maximum absolute atomic E-state index is 11.2. The van der Waals surface area contributed by atoms with Crippen molar-refractivity contribution in [2.75, 3.05) is 19.6 Å². The quantitative estimate of drug-likeness (QED) is 0.501. The first kappa shape index (κ1) is 20.7. The fourth-order valence-electron chi connectivity index (χ4n) is 5.12. The van der Waals surface area contributed by atoms with Crippen molar-refractivity contribution in [1.29, 1.82) is 0 Å². The van der Waals surface area contributed by atoms with Crippen LogP contribution in [0.4, 0.5) is 0 Å². The van der Waals surface area contributed by atoms with Crippen molar-refractivity contribution in [1.82, 2.24) is 24.7 Å². The summed E-state index contributed by atoms with van der Waals surface area (Å²) in [6, 6.07) is 11.1. The van der Waals surface area contributed by atoms with Gasteiger partial charge in [0.1, 0.15) is 0 Å². The first-order valence-corrected chi connectivity index (χ1v) is 11.4. The number of rotatable bonds is 5. The van der Waals surface area contributed by atoms with E-state index in [1.165, 1.54) is 27.7 Å². The molecule has 0 aliphatic carbocycles. The van der Waals surface area contributed by atoms with Crippen LogP contribution in [0.3, 0.4) is 0 Å². The van der Waals surface area contributed by atoms with Crippen molar-refractivity contribution >= 4 is 22.3 Å². The molecule has 32 heavy (non-hydrogen) atoms. The lowest BCUT2D eigenvalue weighted by atomic mass is 9.87. The molecule has 1 aliphatic heterocycles. The average Bonchev–Trinajstić information content (AvgIpc) is 3.34. The van der Waals surface area contributed by atoms with Gasteiger partial charge in [-0.25, -0.2) is 4.52 Å². The fraction of sp³-hybridized carbons (Fsp3) is 0.400. The maximum Gasteiger partial charge on any atom is 0.231 e. The zero-order chi connectivity index (χ0) is 22.4. The highest BCUT2D eigenvalue weighted by molar-refractivity contribution is 5.92. The predicted molar refractivity (Wildman–Crippen MR) is 127 cm³/mol. The second-order valence-corrected chi connectivity index (χ2v) is 9.31. The predicted octanol–water partition coefficient (Wildman–Crippen LogP) is 3.97. The van der Waals surface area contributed by atoms with E-state index in [4.69, 9.17) is 5.73 Å². The van der Waals surface area contributed by atoms with E-state index in [1.807, 2.05) is 17.6 Å². The lowest BCUT2D eigenvalue weighted by Gasteiger charge is -2.31. The van der Waals surface area contributed by atoms with Gasteiger partial charge in [-0.2, -0.15) is 0 Å². The first-order valence-electron chi connectivity index (χ1n) is 11.4. The van der Waals surface area contributed by atoms with E-state index in [0.29, 0.717) is 18.4 Å². The first-order chi connectivity index (χ1) is 15.4. The molecule has 1 amide bonds. The zero-order valence-electron chi connectivity index (χ0n) is 18.9. The molecule has 0 bridgehead atoms. The molecule has 1 aliphatic rings. The number of nitrogens with two attached hydrogens (primary N) is 1.